The van der Waals surface area contributed by atoms with Crippen molar-refractivity contribution in [2.45, 2.75) is 11.6 Å². The second-order valence-corrected chi connectivity index (χ2v) is 6.16. The second-order valence-electron chi connectivity index (χ2n) is 3.88. The average molecular weight is 337 g/mol. The van der Waals surface area contributed by atoms with Gasteiger partial charge in [0, 0.05) is 29.3 Å². The Bertz CT molecular complexity index is 571. The third-order valence-electron chi connectivity index (χ3n) is 2.52. The van der Waals surface area contributed by atoms with Gasteiger partial charge in [-0.05, 0) is 24.6 Å². The Morgan fingerprint density at radius 2 is 2.05 bits per heavy atom. The summed E-state index contributed by atoms with van der Waals surface area (Å²) < 4.78 is 1.92. The predicted octanol–water partition coefficient (Wildman–Crippen LogP) is 4.51. The van der Waals surface area contributed by atoms with Crippen LogP contribution in [0.1, 0.15) is 6.42 Å². The normalized spacial score (nSPS) is 10.9. The molecule has 3 nitrogen and oxygen atoms in total. The Hall–Kier alpha value is -0.420. The molecule has 0 amide bonds. The summed E-state index contributed by atoms with van der Waals surface area (Å²) in [5.41, 5.74) is 0.824. The minimum atomic E-state index is 0.570. The maximum Gasteiger partial charge on any atom is 0.191 e. The van der Waals surface area contributed by atoms with Crippen LogP contribution in [0.15, 0.2) is 23.4 Å². The molecule has 1 heterocycles. The van der Waals surface area contributed by atoms with Crippen molar-refractivity contribution in [2.75, 3.05) is 11.6 Å². The van der Waals surface area contributed by atoms with Crippen LogP contribution < -0.4 is 0 Å². The van der Waals surface area contributed by atoms with Gasteiger partial charge in [0.15, 0.2) is 11.0 Å². The van der Waals surface area contributed by atoms with Gasteiger partial charge < -0.3 is 4.57 Å². The quantitative estimate of drug-likeness (QED) is 0.457. The van der Waals surface area contributed by atoms with E-state index in [0.717, 1.165) is 28.7 Å². The summed E-state index contributed by atoms with van der Waals surface area (Å²) in [4.78, 5) is 0. The number of alkyl halides is 1. The molecule has 0 unspecified atom stereocenters. The van der Waals surface area contributed by atoms with Gasteiger partial charge in [0.25, 0.3) is 0 Å². The molecule has 1 aromatic heterocycles. The van der Waals surface area contributed by atoms with Crippen molar-refractivity contribution in [2.24, 2.45) is 7.05 Å². The summed E-state index contributed by atoms with van der Waals surface area (Å²) in [6.45, 7) is 0. The van der Waals surface area contributed by atoms with E-state index in [1.165, 1.54) is 0 Å². The molecule has 0 aliphatic carbocycles. The number of nitrogens with zero attached hydrogens (tertiary/aromatic N) is 3. The monoisotopic (exact) mass is 335 g/mol. The zero-order valence-corrected chi connectivity index (χ0v) is 13.3. The Balaban J connectivity index is 2.26. The lowest BCUT2D eigenvalue weighted by molar-refractivity contribution is 0.793. The first-order valence-electron chi connectivity index (χ1n) is 5.67. The largest absolute Gasteiger partial charge is 0.305 e. The van der Waals surface area contributed by atoms with Crippen molar-refractivity contribution >= 4 is 46.6 Å². The Labute approximate surface area is 131 Å². The number of thioether (sulfide) groups is 1. The maximum atomic E-state index is 6.18. The Kier molecular flexibility index (Phi) is 5.39. The molecule has 2 rings (SSSR count). The maximum absolute atomic E-state index is 6.18. The Morgan fingerprint density at radius 1 is 1.26 bits per heavy atom. The topological polar surface area (TPSA) is 30.7 Å². The van der Waals surface area contributed by atoms with E-state index in [-0.39, 0.29) is 0 Å². The molecular formula is C12H12Cl3N3S. The van der Waals surface area contributed by atoms with Crippen molar-refractivity contribution in [3.8, 4) is 11.4 Å². The van der Waals surface area contributed by atoms with Crippen molar-refractivity contribution < 1.29 is 0 Å². The molecule has 1 aromatic carbocycles. The highest BCUT2D eigenvalue weighted by molar-refractivity contribution is 7.99. The molecule has 0 aliphatic rings. The third-order valence-corrected chi connectivity index (χ3v) is 4.44. The van der Waals surface area contributed by atoms with Crippen molar-refractivity contribution in [1.82, 2.24) is 14.8 Å². The van der Waals surface area contributed by atoms with Gasteiger partial charge in [-0.15, -0.1) is 21.8 Å². The summed E-state index contributed by atoms with van der Waals surface area (Å²) in [5, 5.41) is 10.4. The fourth-order valence-corrected chi connectivity index (χ4v) is 3.20. The molecule has 0 bridgehead atoms. The van der Waals surface area contributed by atoms with Crippen LogP contribution in [0.2, 0.25) is 10.0 Å². The van der Waals surface area contributed by atoms with Crippen molar-refractivity contribution in [3.63, 3.8) is 0 Å². The molecule has 0 atom stereocenters. The number of halogens is 3. The van der Waals surface area contributed by atoms with Crippen molar-refractivity contribution in [3.05, 3.63) is 28.2 Å². The first-order valence-corrected chi connectivity index (χ1v) is 7.94. The van der Waals surface area contributed by atoms with E-state index in [9.17, 15) is 0 Å². The van der Waals surface area contributed by atoms with E-state index in [1.54, 1.807) is 23.9 Å². The van der Waals surface area contributed by atoms with Crippen LogP contribution in [-0.2, 0) is 7.05 Å². The summed E-state index contributed by atoms with van der Waals surface area (Å²) >= 11 is 19.4. The molecule has 0 radical (unpaired) electrons. The smallest absolute Gasteiger partial charge is 0.191 e. The second kappa shape index (κ2) is 6.84. The molecule has 7 heteroatoms. The highest BCUT2D eigenvalue weighted by atomic mass is 35.5. The van der Waals surface area contributed by atoms with E-state index in [0.29, 0.717) is 15.9 Å². The van der Waals surface area contributed by atoms with Crippen LogP contribution in [0, 0.1) is 0 Å². The average Bonchev–Trinajstić information content (AvgIpc) is 2.72. The van der Waals surface area contributed by atoms with E-state index in [1.807, 2.05) is 17.7 Å². The molecule has 2 aromatic rings. The molecule has 0 fully saturated rings. The van der Waals surface area contributed by atoms with E-state index in [4.69, 9.17) is 34.8 Å². The molecule has 102 valence electrons. The highest BCUT2D eigenvalue weighted by Crippen LogP contribution is 2.30. The lowest BCUT2D eigenvalue weighted by Gasteiger charge is -2.05. The molecule has 0 aliphatic heterocycles. The molecule has 0 spiro atoms. The van der Waals surface area contributed by atoms with E-state index < -0.39 is 0 Å². The SMILES string of the molecule is Cn1c(SCCCCl)nnc1-c1ccc(Cl)cc1Cl. The fourth-order valence-electron chi connectivity index (χ4n) is 1.56. The first-order chi connectivity index (χ1) is 9.13. The number of hydrogen-bond acceptors (Lipinski definition) is 3. The first kappa shape index (κ1) is 15.0. The summed E-state index contributed by atoms with van der Waals surface area (Å²) in [7, 11) is 1.92. The van der Waals surface area contributed by atoms with Crippen LogP contribution in [0.3, 0.4) is 0 Å². The number of hydrogen-bond donors (Lipinski definition) is 0. The molecule has 0 N–H and O–H groups in total. The van der Waals surface area contributed by atoms with Gasteiger partial charge in [-0.1, -0.05) is 35.0 Å². The predicted molar refractivity (Wildman–Crippen MR) is 82.5 cm³/mol. The zero-order chi connectivity index (χ0) is 13.8. The van der Waals surface area contributed by atoms with Gasteiger partial charge in [-0.25, -0.2) is 0 Å². The standard InChI is InChI=1S/C12H12Cl3N3S/c1-18-11(9-4-3-8(14)7-10(9)15)16-17-12(18)19-6-2-5-13/h3-4,7H,2,5-6H2,1H3. The lowest BCUT2D eigenvalue weighted by Crippen LogP contribution is -1.96. The van der Waals surface area contributed by atoms with E-state index >= 15 is 0 Å². The summed E-state index contributed by atoms with van der Waals surface area (Å²) in [5.74, 6) is 2.31. The summed E-state index contributed by atoms with van der Waals surface area (Å²) in [6, 6.07) is 5.34. The third kappa shape index (κ3) is 3.57. The van der Waals surface area contributed by atoms with Crippen LogP contribution in [0.4, 0.5) is 0 Å². The fraction of sp³-hybridized carbons (Fsp3) is 0.333. The van der Waals surface area contributed by atoms with Gasteiger partial charge in [-0.3, -0.25) is 0 Å². The van der Waals surface area contributed by atoms with Crippen LogP contribution >= 0.6 is 46.6 Å². The molecule has 0 saturated heterocycles. The van der Waals surface area contributed by atoms with Crippen LogP contribution in [0.5, 0.6) is 0 Å². The molecule has 19 heavy (non-hydrogen) atoms. The van der Waals surface area contributed by atoms with E-state index in [2.05, 4.69) is 10.2 Å². The van der Waals surface area contributed by atoms with Gasteiger partial charge in [0.1, 0.15) is 0 Å². The molecular weight excluding hydrogens is 325 g/mol. The van der Waals surface area contributed by atoms with Crippen LogP contribution in [-0.4, -0.2) is 26.4 Å². The van der Waals surface area contributed by atoms with Gasteiger partial charge in [0.2, 0.25) is 0 Å². The summed E-state index contributed by atoms with van der Waals surface area (Å²) in [6.07, 6.45) is 0.941. The zero-order valence-electron chi connectivity index (χ0n) is 10.2. The highest BCUT2D eigenvalue weighted by Gasteiger charge is 2.13. The van der Waals surface area contributed by atoms with Crippen LogP contribution in [0.25, 0.3) is 11.4 Å². The number of benzene rings is 1. The minimum Gasteiger partial charge on any atom is -0.305 e. The number of aromatic nitrogens is 3. The van der Waals surface area contributed by atoms with Gasteiger partial charge in [0.05, 0.1) is 5.02 Å². The Morgan fingerprint density at radius 3 is 2.74 bits per heavy atom. The number of rotatable bonds is 5. The molecule has 0 saturated carbocycles. The minimum absolute atomic E-state index is 0.570. The van der Waals surface area contributed by atoms with Crippen molar-refractivity contribution in [1.29, 1.82) is 0 Å². The lowest BCUT2D eigenvalue weighted by atomic mass is 10.2. The van der Waals surface area contributed by atoms with Gasteiger partial charge >= 0.3 is 0 Å². The van der Waals surface area contributed by atoms with Gasteiger partial charge in [-0.2, -0.15) is 0 Å².